The molecule has 1 N–H and O–H groups in total. The first-order valence-electron chi connectivity index (χ1n) is 6.77. The van der Waals surface area contributed by atoms with Gasteiger partial charge in [0.05, 0.1) is 0 Å². The van der Waals surface area contributed by atoms with Gasteiger partial charge in [0.15, 0.2) is 0 Å². The molecule has 1 aliphatic rings. The van der Waals surface area contributed by atoms with E-state index in [0.29, 0.717) is 19.4 Å². The van der Waals surface area contributed by atoms with Crippen molar-refractivity contribution in [3.8, 4) is 0 Å². The van der Waals surface area contributed by atoms with Crippen LogP contribution in [0.25, 0.3) is 0 Å². The van der Waals surface area contributed by atoms with E-state index in [9.17, 15) is 17.2 Å². The van der Waals surface area contributed by atoms with Gasteiger partial charge in [0.25, 0.3) is 10.0 Å². The maximum Gasteiger partial charge on any atom is 0.350 e. The molecule has 0 bridgehead atoms. The van der Waals surface area contributed by atoms with E-state index in [0.717, 1.165) is 21.7 Å². The zero-order valence-electron chi connectivity index (χ0n) is 11.6. The zero-order chi connectivity index (χ0) is 15.5. The number of aromatic nitrogens is 2. The van der Waals surface area contributed by atoms with Gasteiger partial charge in [-0.25, -0.2) is 13.4 Å². The number of hydrogen-bond donors (Lipinski definition) is 1. The predicted molar refractivity (Wildman–Crippen MR) is 77.0 cm³/mol. The summed E-state index contributed by atoms with van der Waals surface area (Å²) in [6.07, 6.45) is 1.92. The molecule has 2 heterocycles. The van der Waals surface area contributed by atoms with E-state index in [2.05, 4.69) is 14.7 Å². The van der Waals surface area contributed by atoms with Crippen molar-refractivity contribution in [3.63, 3.8) is 0 Å². The van der Waals surface area contributed by atoms with Crippen molar-refractivity contribution >= 4 is 26.7 Å². The lowest BCUT2D eigenvalue weighted by Gasteiger charge is -2.30. The van der Waals surface area contributed by atoms with E-state index in [4.69, 9.17) is 0 Å². The van der Waals surface area contributed by atoms with Crippen molar-refractivity contribution in [1.82, 2.24) is 13.7 Å². The highest BCUT2D eigenvalue weighted by Crippen LogP contribution is 2.23. The second-order valence-corrected chi connectivity index (χ2v) is 7.55. The normalized spacial score (nSPS) is 18.3. The van der Waals surface area contributed by atoms with Crippen molar-refractivity contribution in [2.75, 3.05) is 25.0 Å². The highest BCUT2D eigenvalue weighted by molar-refractivity contribution is 7.89. The second-order valence-electron chi connectivity index (χ2n) is 4.90. The van der Waals surface area contributed by atoms with Crippen LogP contribution in [0.4, 0.5) is 13.9 Å². The summed E-state index contributed by atoms with van der Waals surface area (Å²) in [5, 5.41) is 3.92. The molecule has 0 amide bonds. The number of nitrogens with one attached hydrogen (secondary N) is 1. The summed E-state index contributed by atoms with van der Waals surface area (Å²) in [5.41, 5.74) is 0. The Bertz CT molecular complexity index is 556. The van der Waals surface area contributed by atoms with Crippen molar-refractivity contribution in [2.24, 2.45) is 5.92 Å². The molecular weight excluding hydrogens is 322 g/mol. The average Bonchev–Trinajstić information content (AvgIpc) is 2.93. The van der Waals surface area contributed by atoms with Crippen LogP contribution in [-0.4, -0.2) is 47.5 Å². The van der Waals surface area contributed by atoms with E-state index in [1.807, 2.05) is 6.92 Å². The molecule has 0 atom stereocenters. The number of nitrogens with zero attached hydrogens (tertiary/aromatic N) is 3. The van der Waals surface area contributed by atoms with E-state index < -0.39 is 15.8 Å². The number of piperidine rings is 1. The minimum Gasteiger partial charge on any atom is -0.360 e. The van der Waals surface area contributed by atoms with Gasteiger partial charge in [-0.1, -0.05) is 6.92 Å². The number of sulfonamides is 1. The van der Waals surface area contributed by atoms with Crippen LogP contribution in [0.15, 0.2) is 0 Å². The van der Waals surface area contributed by atoms with Crippen molar-refractivity contribution < 1.29 is 17.2 Å². The molecule has 0 saturated carbocycles. The smallest absolute Gasteiger partial charge is 0.350 e. The van der Waals surface area contributed by atoms with Gasteiger partial charge in [0.1, 0.15) is 5.82 Å². The first-order chi connectivity index (χ1) is 9.93. The number of rotatable bonds is 6. The van der Waals surface area contributed by atoms with Crippen LogP contribution in [0.3, 0.4) is 0 Å². The largest absolute Gasteiger partial charge is 0.360 e. The molecule has 2 rings (SSSR count). The minimum atomic E-state index is -4.43. The van der Waals surface area contributed by atoms with Crippen molar-refractivity contribution in [1.29, 1.82) is 0 Å². The minimum absolute atomic E-state index is 0.148. The Balaban J connectivity index is 1.79. The molecule has 1 aromatic rings. The third kappa shape index (κ3) is 4.07. The summed E-state index contributed by atoms with van der Waals surface area (Å²) >= 11 is 1.29. The fraction of sp³-hybridized carbons (Fsp3) is 0.818. The summed E-state index contributed by atoms with van der Waals surface area (Å²) in [4.78, 5) is 4.28. The number of aryl methyl sites for hydroxylation is 1. The lowest BCUT2D eigenvalue weighted by molar-refractivity contribution is 0.205. The standard InChI is InChI=1S/C11H18F2N4O2S2/c1-2-9-15-11(20-16-9)14-7-8-3-5-17(6-4-8)21(18,19)10(12)13/h8,10H,2-7H2,1H3,(H,14,15,16). The lowest BCUT2D eigenvalue weighted by atomic mass is 9.98. The molecule has 6 nitrogen and oxygen atoms in total. The van der Waals surface area contributed by atoms with E-state index in [-0.39, 0.29) is 19.0 Å². The number of halogens is 2. The van der Waals surface area contributed by atoms with Crippen LogP contribution in [0.5, 0.6) is 0 Å². The summed E-state index contributed by atoms with van der Waals surface area (Å²) in [7, 11) is -4.43. The Hall–Kier alpha value is -0.870. The van der Waals surface area contributed by atoms with E-state index in [1.165, 1.54) is 11.5 Å². The Kier molecular flexibility index (Phi) is 5.44. The van der Waals surface area contributed by atoms with E-state index >= 15 is 0 Å². The Labute approximate surface area is 126 Å². The van der Waals surface area contributed by atoms with Gasteiger partial charge in [-0.2, -0.15) is 17.5 Å². The first kappa shape index (κ1) is 16.5. The fourth-order valence-electron chi connectivity index (χ4n) is 2.18. The summed E-state index contributed by atoms with van der Waals surface area (Å²) in [6, 6.07) is 0. The van der Waals surface area contributed by atoms with Crippen LogP contribution >= 0.6 is 11.5 Å². The van der Waals surface area contributed by atoms with Crippen LogP contribution < -0.4 is 5.32 Å². The molecule has 0 aliphatic carbocycles. The molecular formula is C11H18F2N4O2S2. The van der Waals surface area contributed by atoms with Crippen molar-refractivity contribution in [3.05, 3.63) is 5.82 Å². The highest BCUT2D eigenvalue weighted by Gasteiger charge is 2.34. The SMILES string of the molecule is CCc1nsc(NCC2CCN(S(=O)(=O)C(F)F)CC2)n1. The maximum atomic E-state index is 12.4. The van der Waals surface area contributed by atoms with Crippen molar-refractivity contribution in [2.45, 2.75) is 31.9 Å². The molecule has 0 unspecified atom stereocenters. The molecule has 10 heteroatoms. The summed E-state index contributed by atoms with van der Waals surface area (Å²) in [5.74, 6) is -2.29. The Morgan fingerprint density at radius 3 is 2.62 bits per heavy atom. The second kappa shape index (κ2) is 6.93. The van der Waals surface area contributed by atoms with Crippen LogP contribution in [0, 0.1) is 5.92 Å². The Morgan fingerprint density at radius 1 is 1.43 bits per heavy atom. The third-order valence-electron chi connectivity index (χ3n) is 3.48. The third-order valence-corrected chi connectivity index (χ3v) is 5.73. The topological polar surface area (TPSA) is 75.2 Å². The zero-order valence-corrected chi connectivity index (χ0v) is 13.3. The maximum absolute atomic E-state index is 12.4. The van der Waals surface area contributed by atoms with Gasteiger partial charge in [0.2, 0.25) is 5.13 Å². The number of hydrogen-bond acceptors (Lipinski definition) is 6. The van der Waals surface area contributed by atoms with Gasteiger partial charge in [-0.15, -0.1) is 0 Å². The highest BCUT2D eigenvalue weighted by atomic mass is 32.2. The number of anilines is 1. The molecule has 1 aliphatic heterocycles. The quantitative estimate of drug-likeness (QED) is 0.854. The average molecular weight is 340 g/mol. The van der Waals surface area contributed by atoms with E-state index in [1.54, 1.807) is 0 Å². The predicted octanol–water partition coefficient (Wildman–Crippen LogP) is 1.78. The molecule has 1 aromatic heterocycles. The van der Waals surface area contributed by atoms with Crippen LogP contribution in [-0.2, 0) is 16.4 Å². The molecule has 1 saturated heterocycles. The van der Waals surface area contributed by atoms with Gasteiger partial charge in [0, 0.05) is 37.6 Å². The van der Waals surface area contributed by atoms with Crippen LogP contribution in [0.2, 0.25) is 0 Å². The number of alkyl halides is 2. The van der Waals surface area contributed by atoms with Gasteiger partial charge in [-0.05, 0) is 18.8 Å². The molecule has 120 valence electrons. The van der Waals surface area contributed by atoms with Gasteiger partial charge in [-0.3, -0.25) is 0 Å². The summed E-state index contributed by atoms with van der Waals surface area (Å²) in [6.45, 7) is 2.93. The summed E-state index contributed by atoms with van der Waals surface area (Å²) < 4.78 is 52.6. The fourth-order valence-corrected chi connectivity index (χ4v) is 3.78. The van der Waals surface area contributed by atoms with Gasteiger partial charge < -0.3 is 5.32 Å². The Morgan fingerprint density at radius 2 is 2.10 bits per heavy atom. The molecule has 1 fully saturated rings. The molecule has 0 spiro atoms. The monoisotopic (exact) mass is 340 g/mol. The first-order valence-corrected chi connectivity index (χ1v) is 9.04. The van der Waals surface area contributed by atoms with Gasteiger partial charge >= 0.3 is 5.76 Å². The molecule has 0 radical (unpaired) electrons. The van der Waals surface area contributed by atoms with Crippen LogP contribution in [0.1, 0.15) is 25.6 Å². The molecule has 21 heavy (non-hydrogen) atoms. The lowest BCUT2D eigenvalue weighted by Crippen LogP contribution is -2.42. The molecule has 0 aromatic carbocycles.